The van der Waals surface area contributed by atoms with Gasteiger partial charge >= 0.3 is 12.0 Å². The highest BCUT2D eigenvalue weighted by atomic mass is 35.5. The summed E-state index contributed by atoms with van der Waals surface area (Å²) in [6, 6.07) is 6.61. The van der Waals surface area contributed by atoms with Crippen molar-refractivity contribution in [2.45, 2.75) is 31.9 Å². The van der Waals surface area contributed by atoms with Crippen molar-refractivity contribution in [3.63, 3.8) is 0 Å². The predicted octanol–water partition coefficient (Wildman–Crippen LogP) is 2.58. The molecule has 1 aromatic carbocycles. The van der Waals surface area contributed by atoms with Crippen LogP contribution in [0.3, 0.4) is 0 Å². The first-order valence-electron chi connectivity index (χ1n) is 6.98. The van der Waals surface area contributed by atoms with E-state index in [0.29, 0.717) is 18.0 Å². The van der Waals surface area contributed by atoms with Crippen molar-refractivity contribution in [2.24, 2.45) is 0 Å². The Balaban J connectivity index is 2.47. The van der Waals surface area contributed by atoms with Gasteiger partial charge in [-0.3, -0.25) is 4.79 Å². The highest BCUT2D eigenvalue weighted by Gasteiger charge is 2.20. The Hall–Kier alpha value is -1.79. The summed E-state index contributed by atoms with van der Waals surface area (Å²) < 4.78 is 5.43. The Labute approximate surface area is 134 Å². The second-order valence-electron chi connectivity index (χ2n) is 4.89. The largest absolute Gasteiger partial charge is 0.481 e. The molecule has 0 bridgehead atoms. The van der Waals surface area contributed by atoms with Crippen molar-refractivity contribution in [3.8, 4) is 0 Å². The number of urea groups is 1. The summed E-state index contributed by atoms with van der Waals surface area (Å²) in [7, 11) is 1.57. The first-order valence-corrected chi connectivity index (χ1v) is 7.36. The van der Waals surface area contributed by atoms with Crippen molar-refractivity contribution < 1.29 is 19.4 Å². The molecule has 0 fully saturated rings. The van der Waals surface area contributed by atoms with Gasteiger partial charge in [-0.15, -0.1) is 0 Å². The standard InChI is InChI=1S/C15H21ClN2O4/c1-10(18-15(21)17-9-3-4-13(19)20)14(22-2)11-5-7-12(16)8-6-11/h5-8,10,14H,3-4,9H2,1-2H3,(H,19,20)(H2,17,18,21). The number of carbonyl (C=O) groups is 2. The quantitative estimate of drug-likeness (QED) is 0.640. The molecule has 0 heterocycles. The third kappa shape index (κ3) is 6.32. The second kappa shape index (κ2) is 9.27. The van der Waals surface area contributed by atoms with Crippen LogP contribution < -0.4 is 10.6 Å². The van der Waals surface area contributed by atoms with Gasteiger partial charge in [0.15, 0.2) is 0 Å². The lowest BCUT2D eigenvalue weighted by Crippen LogP contribution is -2.44. The van der Waals surface area contributed by atoms with E-state index in [4.69, 9.17) is 21.4 Å². The fourth-order valence-corrected chi connectivity index (χ4v) is 2.18. The number of halogens is 1. The molecule has 0 spiro atoms. The summed E-state index contributed by atoms with van der Waals surface area (Å²) in [4.78, 5) is 22.1. The SMILES string of the molecule is COC(c1ccc(Cl)cc1)C(C)NC(=O)NCCCC(=O)O. The zero-order valence-electron chi connectivity index (χ0n) is 12.6. The van der Waals surface area contributed by atoms with Crippen LogP contribution in [0.1, 0.15) is 31.4 Å². The monoisotopic (exact) mass is 328 g/mol. The Morgan fingerprint density at radius 1 is 1.32 bits per heavy atom. The fourth-order valence-electron chi connectivity index (χ4n) is 2.06. The molecule has 2 unspecified atom stereocenters. The minimum atomic E-state index is -0.877. The van der Waals surface area contributed by atoms with Crippen LogP contribution in [0.4, 0.5) is 4.79 Å². The lowest BCUT2D eigenvalue weighted by Gasteiger charge is -2.24. The molecule has 3 N–H and O–H groups in total. The zero-order chi connectivity index (χ0) is 16.5. The van der Waals surface area contributed by atoms with Crippen LogP contribution in [-0.4, -0.2) is 36.8 Å². The summed E-state index contributed by atoms with van der Waals surface area (Å²) >= 11 is 5.85. The smallest absolute Gasteiger partial charge is 0.315 e. The Bertz CT molecular complexity index is 493. The molecule has 6 nitrogen and oxygen atoms in total. The minimum absolute atomic E-state index is 0.0291. The number of rotatable bonds is 8. The Morgan fingerprint density at radius 3 is 2.50 bits per heavy atom. The average molecular weight is 329 g/mol. The number of hydrogen-bond acceptors (Lipinski definition) is 3. The maximum absolute atomic E-state index is 11.8. The van der Waals surface area contributed by atoms with Gasteiger partial charge in [-0.2, -0.15) is 0 Å². The number of carboxylic acid groups (broad SMARTS) is 1. The van der Waals surface area contributed by atoms with E-state index in [-0.39, 0.29) is 24.6 Å². The third-order valence-electron chi connectivity index (χ3n) is 3.12. The van der Waals surface area contributed by atoms with Gasteiger partial charge in [-0.05, 0) is 31.0 Å². The molecule has 0 aliphatic carbocycles. The van der Waals surface area contributed by atoms with Gasteiger partial charge in [0.05, 0.1) is 6.04 Å². The molecule has 0 radical (unpaired) electrons. The molecule has 122 valence electrons. The molecule has 2 atom stereocenters. The van der Waals surface area contributed by atoms with Gasteiger partial charge in [0.25, 0.3) is 0 Å². The first kappa shape index (κ1) is 18.3. The minimum Gasteiger partial charge on any atom is -0.481 e. The Kier molecular flexibility index (Phi) is 7.70. The van der Waals surface area contributed by atoms with Crippen LogP contribution in [0.5, 0.6) is 0 Å². The maximum Gasteiger partial charge on any atom is 0.315 e. The van der Waals surface area contributed by atoms with Gasteiger partial charge in [0.1, 0.15) is 6.10 Å². The molecule has 1 rings (SSSR count). The van der Waals surface area contributed by atoms with Crippen molar-refractivity contribution >= 4 is 23.6 Å². The number of amides is 2. The van der Waals surface area contributed by atoms with E-state index in [1.54, 1.807) is 19.2 Å². The molecule has 0 aliphatic heterocycles. The highest BCUT2D eigenvalue weighted by Crippen LogP contribution is 2.22. The summed E-state index contributed by atoms with van der Waals surface area (Å²) in [6.07, 6.45) is 0.116. The van der Waals surface area contributed by atoms with Gasteiger partial charge < -0.3 is 20.5 Å². The summed E-state index contributed by atoms with van der Waals surface area (Å²) in [5, 5.41) is 14.5. The van der Waals surface area contributed by atoms with Gasteiger partial charge in [-0.25, -0.2) is 4.79 Å². The summed E-state index contributed by atoms with van der Waals surface area (Å²) in [5.74, 6) is -0.877. The second-order valence-corrected chi connectivity index (χ2v) is 5.33. The van der Waals surface area contributed by atoms with E-state index in [9.17, 15) is 9.59 Å². The van der Waals surface area contributed by atoms with E-state index in [1.807, 2.05) is 19.1 Å². The third-order valence-corrected chi connectivity index (χ3v) is 3.37. The van der Waals surface area contributed by atoms with Crippen molar-refractivity contribution in [1.82, 2.24) is 10.6 Å². The maximum atomic E-state index is 11.8. The number of ether oxygens (including phenoxy) is 1. The van der Waals surface area contributed by atoms with Crippen LogP contribution in [0.25, 0.3) is 0 Å². The van der Waals surface area contributed by atoms with Crippen molar-refractivity contribution in [1.29, 1.82) is 0 Å². The summed E-state index contributed by atoms with van der Waals surface area (Å²) in [6.45, 7) is 2.14. The molecule has 22 heavy (non-hydrogen) atoms. The molecule has 7 heteroatoms. The molecule has 0 aromatic heterocycles. The van der Waals surface area contributed by atoms with E-state index < -0.39 is 5.97 Å². The number of hydrogen-bond donors (Lipinski definition) is 3. The number of nitrogens with one attached hydrogen (secondary N) is 2. The first-order chi connectivity index (χ1) is 10.4. The molecule has 1 aromatic rings. The molecule has 0 saturated carbocycles. The average Bonchev–Trinajstić information content (AvgIpc) is 2.46. The van der Waals surface area contributed by atoms with E-state index in [1.165, 1.54) is 0 Å². The molecule has 0 aliphatic rings. The van der Waals surface area contributed by atoms with Crippen LogP contribution in [0, 0.1) is 0 Å². The predicted molar refractivity (Wildman–Crippen MR) is 84.1 cm³/mol. The number of methoxy groups -OCH3 is 1. The lowest BCUT2D eigenvalue weighted by molar-refractivity contribution is -0.137. The van der Waals surface area contributed by atoms with Crippen LogP contribution in [0.2, 0.25) is 5.02 Å². The molecular formula is C15H21ClN2O4. The Morgan fingerprint density at radius 2 is 1.95 bits per heavy atom. The number of carboxylic acids is 1. The van der Waals surface area contributed by atoms with Crippen LogP contribution >= 0.6 is 11.6 Å². The van der Waals surface area contributed by atoms with Gasteiger partial charge in [0.2, 0.25) is 0 Å². The van der Waals surface area contributed by atoms with E-state index in [0.717, 1.165) is 5.56 Å². The van der Waals surface area contributed by atoms with Gasteiger partial charge in [0, 0.05) is 25.1 Å². The van der Waals surface area contributed by atoms with E-state index in [2.05, 4.69) is 10.6 Å². The highest BCUT2D eigenvalue weighted by molar-refractivity contribution is 6.30. The van der Waals surface area contributed by atoms with Crippen LogP contribution in [-0.2, 0) is 9.53 Å². The van der Waals surface area contributed by atoms with Crippen molar-refractivity contribution in [2.75, 3.05) is 13.7 Å². The molecule has 2 amide bonds. The lowest BCUT2D eigenvalue weighted by atomic mass is 10.0. The van der Waals surface area contributed by atoms with Crippen LogP contribution in [0.15, 0.2) is 24.3 Å². The normalized spacial score (nSPS) is 13.2. The topological polar surface area (TPSA) is 87.7 Å². The number of aliphatic carboxylic acids is 1. The van der Waals surface area contributed by atoms with Gasteiger partial charge in [-0.1, -0.05) is 23.7 Å². The molecule has 0 saturated heterocycles. The number of benzene rings is 1. The fraction of sp³-hybridized carbons (Fsp3) is 0.467. The summed E-state index contributed by atoms with van der Waals surface area (Å²) in [5.41, 5.74) is 0.908. The van der Waals surface area contributed by atoms with E-state index >= 15 is 0 Å². The zero-order valence-corrected chi connectivity index (χ0v) is 13.4. The molecular weight excluding hydrogens is 308 g/mol. The number of carbonyl (C=O) groups excluding carboxylic acids is 1. The van der Waals surface area contributed by atoms with Crippen molar-refractivity contribution in [3.05, 3.63) is 34.9 Å².